The van der Waals surface area contributed by atoms with Crippen LogP contribution in [0.4, 0.5) is 5.69 Å². The smallest absolute Gasteiger partial charge is 0.0585 e. The Hall–Kier alpha value is -1.05. The molecule has 2 nitrogen and oxygen atoms in total. The molecule has 0 aromatic carbocycles. The van der Waals surface area contributed by atoms with Gasteiger partial charge in [-0.3, -0.25) is 4.98 Å². The summed E-state index contributed by atoms with van der Waals surface area (Å²) in [6.45, 7) is 4.66. The molecule has 0 N–H and O–H groups in total. The summed E-state index contributed by atoms with van der Waals surface area (Å²) in [6, 6.07) is 2.17. The summed E-state index contributed by atoms with van der Waals surface area (Å²) >= 11 is 0. The minimum atomic E-state index is 1.17. The molecule has 2 heterocycles. The Morgan fingerprint density at radius 1 is 1.27 bits per heavy atom. The molecule has 0 radical (unpaired) electrons. The number of anilines is 1. The maximum Gasteiger partial charge on any atom is 0.0585 e. The third-order valence-corrected chi connectivity index (χ3v) is 3.10. The molecular weight excluding hydrogens is 184 g/mol. The summed E-state index contributed by atoms with van der Waals surface area (Å²) in [5, 5.41) is 0. The Bertz CT molecular complexity index is 303. The van der Waals surface area contributed by atoms with Crippen molar-refractivity contribution in [2.45, 2.75) is 39.0 Å². The van der Waals surface area contributed by atoms with Gasteiger partial charge in [0.1, 0.15) is 0 Å². The highest BCUT2D eigenvalue weighted by atomic mass is 15.1. The van der Waals surface area contributed by atoms with Gasteiger partial charge in [0.15, 0.2) is 0 Å². The van der Waals surface area contributed by atoms with Crippen molar-refractivity contribution < 1.29 is 0 Å². The van der Waals surface area contributed by atoms with E-state index < -0.39 is 0 Å². The number of hydrogen-bond acceptors (Lipinski definition) is 2. The summed E-state index contributed by atoms with van der Waals surface area (Å²) in [5.41, 5.74) is 2.84. The van der Waals surface area contributed by atoms with E-state index in [1.165, 1.54) is 56.4 Å². The molecule has 1 aliphatic heterocycles. The fourth-order valence-corrected chi connectivity index (χ4v) is 2.32. The van der Waals surface area contributed by atoms with Gasteiger partial charge in [-0.2, -0.15) is 0 Å². The van der Waals surface area contributed by atoms with Gasteiger partial charge in [0, 0.05) is 19.3 Å². The van der Waals surface area contributed by atoms with Gasteiger partial charge in [-0.15, -0.1) is 0 Å². The van der Waals surface area contributed by atoms with Crippen LogP contribution in [0.5, 0.6) is 0 Å². The monoisotopic (exact) mass is 204 g/mol. The molecule has 0 bridgehead atoms. The first-order valence-electron chi connectivity index (χ1n) is 6.09. The minimum absolute atomic E-state index is 1.17. The normalized spacial score (nSPS) is 16.7. The van der Waals surface area contributed by atoms with Gasteiger partial charge in [0.25, 0.3) is 0 Å². The van der Waals surface area contributed by atoms with E-state index in [4.69, 9.17) is 0 Å². The van der Waals surface area contributed by atoms with E-state index in [-0.39, 0.29) is 0 Å². The fourth-order valence-electron chi connectivity index (χ4n) is 2.32. The lowest BCUT2D eigenvalue weighted by Crippen LogP contribution is -2.30. The van der Waals surface area contributed by atoms with E-state index in [9.17, 15) is 0 Å². The summed E-state index contributed by atoms with van der Waals surface area (Å²) in [5.74, 6) is 0. The van der Waals surface area contributed by atoms with Crippen molar-refractivity contribution in [3.63, 3.8) is 0 Å². The largest absolute Gasteiger partial charge is 0.370 e. The third-order valence-electron chi connectivity index (χ3n) is 3.10. The van der Waals surface area contributed by atoms with Gasteiger partial charge in [-0.05, 0) is 37.3 Å². The van der Waals surface area contributed by atoms with E-state index in [0.717, 1.165) is 0 Å². The van der Waals surface area contributed by atoms with Crippen LogP contribution in [0.3, 0.4) is 0 Å². The van der Waals surface area contributed by atoms with Crippen molar-refractivity contribution in [3.05, 3.63) is 24.0 Å². The molecule has 1 fully saturated rings. The van der Waals surface area contributed by atoms with Gasteiger partial charge in [-0.25, -0.2) is 0 Å². The highest BCUT2D eigenvalue weighted by Crippen LogP contribution is 2.23. The van der Waals surface area contributed by atoms with Gasteiger partial charge in [0.05, 0.1) is 11.9 Å². The molecular formula is C13H20N2. The zero-order valence-electron chi connectivity index (χ0n) is 9.58. The summed E-state index contributed by atoms with van der Waals surface area (Å²) in [7, 11) is 0. The summed E-state index contributed by atoms with van der Waals surface area (Å²) < 4.78 is 0. The van der Waals surface area contributed by atoms with Crippen molar-refractivity contribution in [2.75, 3.05) is 18.0 Å². The summed E-state index contributed by atoms with van der Waals surface area (Å²) in [4.78, 5) is 6.76. The average molecular weight is 204 g/mol. The number of aromatic nitrogens is 1. The number of piperidine rings is 1. The molecule has 1 aromatic rings. The van der Waals surface area contributed by atoms with Crippen LogP contribution in [0.15, 0.2) is 18.5 Å². The zero-order chi connectivity index (χ0) is 10.5. The van der Waals surface area contributed by atoms with Crippen molar-refractivity contribution in [1.82, 2.24) is 4.98 Å². The van der Waals surface area contributed by atoms with Gasteiger partial charge in [0.2, 0.25) is 0 Å². The average Bonchev–Trinajstić information content (AvgIpc) is 2.31. The molecule has 0 saturated carbocycles. The van der Waals surface area contributed by atoms with Gasteiger partial charge < -0.3 is 4.90 Å². The standard InChI is InChI=1S/C13H20N2/c1-2-6-12-7-8-14-11-13(12)15-9-4-3-5-10-15/h7-8,11H,2-6,9-10H2,1H3. The van der Waals surface area contributed by atoms with Crippen molar-refractivity contribution in [1.29, 1.82) is 0 Å². The lowest BCUT2D eigenvalue weighted by atomic mass is 10.1. The first-order valence-corrected chi connectivity index (χ1v) is 6.09. The third kappa shape index (κ3) is 2.49. The molecule has 2 heteroatoms. The molecule has 1 aliphatic rings. The predicted molar refractivity (Wildman–Crippen MR) is 64.3 cm³/mol. The van der Waals surface area contributed by atoms with Gasteiger partial charge >= 0.3 is 0 Å². The first-order chi connectivity index (χ1) is 7.42. The van der Waals surface area contributed by atoms with E-state index in [1.807, 2.05) is 12.4 Å². The van der Waals surface area contributed by atoms with Crippen LogP contribution in [-0.2, 0) is 6.42 Å². The first kappa shape index (κ1) is 10.5. The Morgan fingerprint density at radius 3 is 2.80 bits per heavy atom. The molecule has 1 saturated heterocycles. The topological polar surface area (TPSA) is 16.1 Å². The van der Waals surface area contributed by atoms with E-state index >= 15 is 0 Å². The molecule has 82 valence electrons. The highest BCUT2D eigenvalue weighted by Gasteiger charge is 2.13. The molecule has 0 unspecified atom stereocenters. The van der Waals surface area contributed by atoms with E-state index in [0.29, 0.717) is 0 Å². The molecule has 0 atom stereocenters. The van der Waals surface area contributed by atoms with E-state index in [2.05, 4.69) is 22.9 Å². The maximum atomic E-state index is 4.26. The van der Waals surface area contributed by atoms with Crippen LogP contribution in [-0.4, -0.2) is 18.1 Å². The lowest BCUT2D eigenvalue weighted by Gasteiger charge is -2.30. The van der Waals surface area contributed by atoms with Crippen molar-refractivity contribution in [2.24, 2.45) is 0 Å². The Morgan fingerprint density at radius 2 is 2.07 bits per heavy atom. The zero-order valence-corrected chi connectivity index (χ0v) is 9.58. The van der Waals surface area contributed by atoms with Crippen LogP contribution in [0.25, 0.3) is 0 Å². The second-order valence-corrected chi connectivity index (χ2v) is 4.30. The molecule has 1 aromatic heterocycles. The molecule has 0 amide bonds. The molecule has 0 aliphatic carbocycles. The molecule has 2 rings (SSSR count). The van der Waals surface area contributed by atoms with Crippen LogP contribution < -0.4 is 4.90 Å². The number of aryl methyl sites for hydroxylation is 1. The van der Waals surface area contributed by atoms with Crippen LogP contribution >= 0.6 is 0 Å². The van der Waals surface area contributed by atoms with E-state index in [1.54, 1.807) is 0 Å². The quantitative estimate of drug-likeness (QED) is 0.752. The Kier molecular flexibility index (Phi) is 3.59. The minimum Gasteiger partial charge on any atom is -0.370 e. The lowest BCUT2D eigenvalue weighted by molar-refractivity contribution is 0.575. The maximum absolute atomic E-state index is 4.26. The molecule has 15 heavy (non-hydrogen) atoms. The number of pyridine rings is 1. The van der Waals surface area contributed by atoms with Gasteiger partial charge in [-0.1, -0.05) is 13.3 Å². The molecule has 0 spiro atoms. The fraction of sp³-hybridized carbons (Fsp3) is 0.615. The Labute approximate surface area is 92.3 Å². The van der Waals surface area contributed by atoms with Crippen LogP contribution in [0, 0.1) is 0 Å². The SMILES string of the molecule is CCCc1ccncc1N1CCCCC1. The second-order valence-electron chi connectivity index (χ2n) is 4.30. The van der Waals surface area contributed by atoms with Crippen LogP contribution in [0.2, 0.25) is 0 Å². The number of rotatable bonds is 3. The van der Waals surface area contributed by atoms with Crippen molar-refractivity contribution >= 4 is 5.69 Å². The van der Waals surface area contributed by atoms with Crippen LogP contribution in [0.1, 0.15) is 38.2 Å². The second kappa shape index (κ2) is 5.15. The van der Waals surface area contributed by atoms with Crippen molar-refractivity contribution in [3.8, 4) is 0 Å². The Balaban J connectivity index is 2.17. The number of hydrogen-bond donors (Lipinski definition) is 0. The number of nitrogens with zero attached hydrogens (tertiary/aromatic N) is 2. The predicted octanol–water partition coefficient (Wildman–Crippen LogP) is 3.02. The highest BCUT2D eigenvalue weighted by molar-refractivity contribution is 5.51. The summed E-state index contributed by atoms with van der Waals surface area (Å²) in [6.07, 6.45) is 10.4.